The van der Waals surface area contributed by atoms with Crippen molar-refractivity contribution in [2.75, 3.05) is 6.61 Å². The molecule has 21 heavy (non-hydrogen) atoms. The molecule has 0 radical (unpaired) electrons. The molecule has 3 rings (SSSR count). The summed E-state index contributed by atoms with van der Waals surface area (Å²) < 4.78 is 5.74. The first kappa shape index (κ1) is 13.9. The number of H-pyrrole nitrogens is 1. The number of hydrogen-bond acceptors (Lipinski definition) is 3. The van der Waals surface area contributed by atoms with Gasteiger partial charge in [-0.2, -0.15) is 0 Å². The fraction of sp³-hybridized carbons (Fsp3) is 0.438. The van der Waals surface area contributed by atoms with Crippen LogP contribution in [0.3, 0.4) is 0 Å². The van der Waals surface area contributed by atoms with E-state index in [1.54, 1.807) is 0 Å². The number of hydrogen-bond donors (Lipinski definition) is 3. The Morgan fingerprint density at radius 2 is 2.33 bits per heavy atom. The molecule has 3 N–H and O–H groups in total. The van der Waals surface area contributed by atoms with Crippen LogP contribution in [0.25, 0.3) is 10.9 Å². The van der Waals surface area contributed by atoms with Crippen LogP contribution in [-0.4, -0.2) is 28.7 Å². The van der Waals surface area contributed by atoms with Crippen molar-refractivity contribution in [3.05, 3.63) is 29.5 Å². The van der Waals surface area contributed by atoms with E-state index >= 15 is 0 Å². The number of carbonyl (C=O) groups is 1. The molecular weight excluding hydrogens is 268 g/mol. The second-order valence-corrected chi connectivity index (χ2v) is 5.47. The van der Waals surface area contributed by atoms with E-state index in [2.05, 4.69) is 17.2 Å². The Hall–Kier alpha value is -2.01. The van der Waals surface area contributed by atoms with Crippen molar-refractivity contribution in [2.45, 2.75) is 38.8 Å². The monoisotopic (exact) mass is 288 g/mol. The van der Waals surface area contributed by atoms with Gasteiger partial charge in [-0.25, -0.2) is 0 Å². The van der Waals surface area contributed by atoms with E-state index in [0.29, 0.717) is 19.6 Å². The van der Waals surface area contributed by atoms with Crippen molar-refractivity contribution in [1.29, 1.82) is 0 Å². The highest BCUT2D eigenvalue weighted by Gasteiger charge is 2.26. The number of unbranched alkanes of at least 4 members (excludes halogenated alkanes) is 1. The maximum atomic E-state index is 11.2. The molecule has 1 aromatic heterocycles. The van der Waals surface area contributed by atoms with Crippen molar-refractivity contribution in [3.8, 4) is 5.75 Å². The number of aromatic amines is 1. The Kier molecular flexibility index (Phi) is 3.84. The standard InChI is InChI=1S/C16H20N2O3/c1-2-3-6-21-10-4-5-13-11(7-10)12-8-14(16(19)20)17-9-15(12)18-13/h4-5,7,14,17-18H,2-3,6,8-9H2,1H3,(H,19,20). The minimum absolute atomic E-state index is 0.503. The van der Waals surface area contributed by atoms with Crippen LogP contribution in [0, 0.1) is 0 Å². The van der Waals surface area contributed by atoms with Gasteiger partial charge in [-0.3, -0.25) is 10.1 Å². The minimum atomic E-state index is -0.801. The third kappa shape index (κ3) is 2.74. The molecule has 0 fully saturated rings. The van der Waals surface area contributed by atoms with E-state index < -0.39 is 12.0 Å². The van der Waals surface area contributed by atoms with Crippen molar-refractivity contribution < 1.29 is 14.6 Å². The quantitative estimate of drug-likeness (QED) is 0.739. The fourth-order valence-electron chi connectivity index (χ4n) is 2.77. The zero-order valence-corrected chi connectivity index (χ0v) is 12.1. The maximum Gasteiger partial charge on any atom is 0.321 e. The zero-order chi connectivity index (χ0) is 14.8. The number of nitrogens with one attached hydrogen (secondary N) is 2. The summed E-state index contributed by atoms with van der Waals surface area (Å²) >= 11 is 0. The van der Waals surface area contributed by atoms with Gasteiger partial charge < -0.3 is 14.8 Å². The number of benzene rings is 1. The molecule has 0 amide bonds. The molecule has 0 bridgehead atoms. The van der Waals surface area contributed by atoms with Gasteiger partial charge in [-0.05, 0) is 30.2 Å². The number of aliphatic carboxylic acids is 1. The first-order chi connectivity index (χ1) is 10.2. The highest BCUT2D eigenvalue weighted by molar-refractivity contribution is 5.87. The van der Waals surface area contributed by atoms with Crippen LogP contribution in [0.15, 0.2) is 18.2 Å². The van der Waals surface area contributed by atoms with Gasteiger partial charge in [0.05, 0.1) is 6.61 Å². The normalized spacial score (nSPS) is 17.7. The lowest BCUT2D eigenvalue weighted by Crippen LogP contribution is -2.41. The van der Waals surface area contributed by atoms with Crippen molar-refractivity contribution in [3.63, 3.8) is 0 Å². The molecule has 5 nitrogen and oxygen atoms in total. The summed E-state index contributed by atoms with van der Waals surface area (Å²) in [6.45, 7) is 3.41. The Morgan fingerprint density at radius 1 is 1.48 bits per heavy atom. The lowest BCUT2D eigenvalue weighted by Gasteiger charge is -2.20. The van der Waals surface area contributed by atoms with E-state index in [1.165, 1.54) is 0 Å². The van der Waals surface area contributed by atoms with Crippen molar-refractivity contribution in [1.82, 2.24) is 10.3 Å². The van der Waals surface area contributed by atoms with E-state index in [-0.39, 0.29) is 0 Å². The number of fused-ring (bicyclic) bond motifs is 3. The van der Waals surface area contributed by atoms with E-state index in [4.69, 9.17) is 4.74 Å². The van der Waals surface area contributed by atoms with E-state index in [9.17, 15) is 9.90 Å². The average Bonchev–Trinajstić information content (AvgIpc) is 2.84. The van der Waals surface area contributed by atoms with Crippen LogP contribution in [0.2, 0.25) is 0 Å². The summed E-state index contributed by atoms with van der Waals surface area (Å²) in [7, 11) is 0. The van der Waals surface area contributed by atoms with Crippen molar-refractivity contribution in [2.24, 2.45) is 0 Å². The predicted octanol–water partition coefficient (Wildman–Crippen LogP) is 2.45. The van der Waals surface area contributed by atoms with Crippen molar-refractivity contribution >= 4 is 16.9 Å². The van der Waals surface area contributed by atoms with Gasteiger partial charge in [0, 0.05) is 29.6 Å². The van der Waals surface area contributed by atoms with Crippen LogP contribution >= 0.6 is 0 Å². The molecular formula is C16H20N2O3. The lowest BCUT2D eigenvalue weighted by molar-refractivity contribution is -0.139. The van der Waals surface area contributed by atoms with Gasteiger partial charge in [0.25, 0.3) is 0 Å². The molecule has 1 aromatic carbocycles. The van der Waals surface area contributed by atoms with Gasteiger partial charge in [0.1, 0.15) is 11.8 Å². The molecule has 0 saturated carbocycles. The summed E-state index contributed by atoms with van der Waals surface area (Å²) in [5, 5.41) is 13.3. The molecule has 0 spiro atoms. The maximum absolute atomic E-state index is 11.2. The topological polar surface area (TPSA) is 74.4 Å². The first-order valence-electron chi connectivity index (χ1n) is 7.41. The molecule has 5 heteroatoms. The smallest absolute Gasteiger partial charge is 0.321 e. The Labute approximate surface area is 123 Å². The largest absolute Gasteiger partial charge is 0.494 e. The molecule has 1 aliphatic heterocycles. The summed E-state index contributed by atoms with van der Waals surface area (Å²) in [6, 6.07) is 5.47. The molecule has 112 valence electrons. The fourth-order valence-corrected chi connectivity index (χ4v) is 2.77. The molecule has 2 aromatic rings. The highest BCUT2D eigenvalue weighted by Crippen LogP contribution is 2.29. The molecule has 0 aliphatic carbocycles. The number of aromatic nitrogens is 1. The van der Waals surface area contributed by atoms with E-state index in [1.807, 2.05) is 18.2 Å². The SMILES string of the molecule is CCCCOc1ccc2[nH]c3c(c2c1)CC(C(=O)O)NC3. The lowest BCUT2D eigenvalue weighted by atomic mass is 9.98. The van der Waals surface area contributed by atoms with Crippen LogP contribution < -0.4 is 10.1 Å². The third-order valence-corrected chi connectivity index (χ3v) is 3.96. The van der Waals surface area contributed by atoms with Crippen LogP contribution in [0.5, 0.6) is 5.75 Å². The molecule has 1 unspecified atom stereocenters. The summed E-state index contributed by atoms with van der Waals surface area (Å²) in [5.74, 6) is 0.0495. The third-order valence-electron chi connectivity index (χ3n) is 3.96. The second kappa shape index (κ2) is 5.77. The van der Waals surface area contributed by atoms with Crippen LogP contribution in [0.1, 0.15) is 31.0 Å². The second-order valence-electron chi connectivity index (χ2n) is 5.47. The number of rotatable bonds is 5. The van der Waals surface area contributed by atoms with Gasteiger partial charge in [-0.15, -0.1) is 0 Å². The summed E-state index contributed by atoms with van der Waals surface area (Å²) in [6.07, 6.45) is 2.64. The summed E-state index contributed by atoms with van der Waals surface area (Å²) in [4.78, 5) is 14.5. The predicted molar refractivity (Wildman–Crippen MR) is 80.7 cm³/mol. The molecule has 1 atom stereocenters. The molecule has 1 aliphatic rings. The molecule has 2 heterocycles. The Bertz CT molecular complexity index is 663. The Morgan fingerprint density at radius 3 is 3.10 bits per heavy atom. The van der Waals surface area contributed by atoms with Gasteiger partial charge in [0.15, 0.2) is 0 Å². The van der Waals surface area contributed by atoms with Gasteiger partial charge in [0.2, 0.25) is 0 Å². The number of carboxylic acids is 1. The highest BCUT2D eigenvalue weighted by atomic mass is 16.5. The molecule has 0 saturated heterocycles. The zero-order valence-electron chi connectivity index (χ0n) is 12.1. The van der Waals surface area contributed by atoms with Crippen LogP contribution in [-0.2, 0) is 17.8 Å². The van der Waals surface area contributed by atoms with E-state index in [0.717, 1.165) is 40.8 Å². The van der Waals surface area contributed by atoms with Gasteiger partial charge >= 0.3 is 5.97 Å². The minimum Gasteiger partial charge on any atom is -0.494 e. The first-order valence-corrected chi connectivity index (χ1v) is 7.41. The number of ether oxygens (including phenoxy) is 1. The number of carboxylic acid groups (broad SMARTS) is 1. The summed E-state index contributed by atoms with van der Waals surface area (Å²) in [5.41, 5.74) is 3.21. The average molecular weight is 288 g/mol. The van der Waals surface area contributed by atoms with Crippen LogP contribution in [0.4, 0.5) is 0 Å². The Balaban J connectivity index is 1.90. The van der Waals surface area contributed by atoms with Gasteiger partial charge in [-0.1, -0.05) is 13.3 Å².